The molecular formula is C19H22N4O5S. The molecule has 10 heteroatoms. The maximum Gasteiger partial charge on any atom is 0.414 e. The molecule has 3 heterocycles. The van der Waals surface area contributed by atoms with Crippen LogP contribution in [0.1, 0.15) is 57.4 Å². The number of aromatic amines is 1. The van der Waals surface area contributed by atoms with Gasteiger partial charge in [0.1, 0.15) is 10.7 Å². The third-order valence-corrected chi connectivity index (χ3v) is 5.28. The molecule has 1 saturated heterocycles. The third-order valence-electron chi connectivity index (χ3n) is 4.45. The normalized spacial score (nSPS) is 13.6. The SMILES string of the molecule is CCOC(=O)NC(=O)c1ccsc1NC(=O)c1cc(C(=O)N2CCCCC2)c[nH]1. The Morgan fingerprint density at radius 2 is 1.93 bits per heavy atom. The summed E-state index contributed by atoms with van der Waals surface area (Å²) in [7, 11) is 0. The quantitative estimate of drug-likeness (QED) is 0.689. The second kappa shape index (κ2) is 9.37. The molecule has 0 radical (unpaired) electrons. The molecule has 2 aromatic heterocycles. The van der Waals surface area contributed by atoms with Crippen LogP contribution in [0.25, 0.3) is 0 Å². The number of nitrogens with one attached hydrogen (secondary N) is 3. The van der Waals surface area contributed by atoms with Crippen LogP contribution in [0.5, 0.6) is 0 Å². The lowest BCUT2D eigenvalue weighted by molar-refractivity contribution is 0.0724. The molecular weight excluding hydrogens is 396 g/mol. The average Bonchev–Trinajstić information content (AvgIpc) is 3.38. The van der Waals surface area contributed by atoms with E-state index >= 15 is 0 Å². The molecule has 29 heavy (non-hydrogen) atoms. The number of hydrogen-bond acceptors (Lipinski definition) is 6. The Morgan fingerprint density at radius 1 is 1.17 bits per heavy atom. The van der Waals surface area contributed by atoms with E-state index in [-0.39, 0.29) is 28.8 Å². The molecule has 0 spiro atoms. The fourth-order valence-electron chi connectivity index (χ4n) is 3.01. The topological polar surface area (TPSA) is 121 Å². The fraction of sp³-hybridized carbons (Fsp3) is 0.368. The summed E-state index contributed by atoms with van der Waals surface area (Å²) in [5, 5.41) is 6.63. The largest absolute Gasteiger partial charge is 0.450 e. The number of carbonyl (C=O) groups is 4. The number of thiophene rings is 1. The summed E-state index contributed by atoms with van der Waals surface area (Å²) in [6, 6.07) is 2.99. The van der Waals surface area contributed by atoms with Crippen LogP contribution in [0.3, 0.4) is 0 Å². The number of imide groups is 1. The highest BCUT2D eigenvalue weighted by Gasteiger charge is 2.22. The molecule has 1 aliphatic heterocycles. The van der Waals surface area contributed by atoms with Gasteiger partial charge < -0.3 is 19.9 Å². The van der Waals surface area contributed by atoms with Crippen molar-refractivity contribution >= 4 is 40.2 Å². The number of anilines is 1. The lowest BCUT2D eigenvalue weighted by Gasteiger charge is -2.26. The molecule has 0 aliphatic carbocycles. The van der Waals surface area contributed by atoms with Crippen molar-refractivity contribution in [1.82, 2.24) is 15.2 Å². The summed E-state index contributed by atoms with van der Waals surface area (Å²) in [5.74, 6) is -1.27. The van der Waals surface area contributed by atoms with Crippen molar-refractivity contribution in [3.63, 3.8) is 0 Å². The first-order chi connectivity index (χ1) is 14.0. The first-order valence-electron chi connectivity index (χ1n) is 9.34. The van der Waals surface area contributed by atoms with E-state index in [1.807, 2.05) is 0 Å². The lowest BCUT2D eigenvalue weighted by Crippen LogP contribution is -2.35. The second-order valence-corrected chi connectivity index (χ2v) is 7.36. The van der Waals surface area contributed by atoms with Gasteiger partial charge in [-0.05, 0) is 43.7 Å². The van der Waals surface area contributed by atoms with Crippen LogP contribution >= 0.6 is 11.3 Å². The number of rotatable bonds is 5. The van der Waals surface area contributed by atoms with Crippen LogP contribution in [-0.2, 0) is 4.74 Å². The lowest BCUT2D eigenvalue weighted by atomic mass is 10.1. The second-order valence-electron chi connectivity index (χ2n) is 6.45. The van der Waals surface area contributed by atoms with Gasteiger partial charge in [-0.2, -0.15) is 0 Å². The van der Waals surface area contributed by atoms with Gasteiger partial charge in [0.25, 0.3) is 17.7 Å². The molecule has 4 amide bonds. The molecule has 9 nitrogen and oxygen atoms in total. The molecule has 2 aromatic rings. The van der Waals surface area contributed by atoms with Crippen molar-refractivity contribution in [2.75, 3.05) is 25.0 Å². The van der Waals surface area contributed by atoms with Gasteiger partial charge in [0.2, 0.25) is 0 Å². The number of aromatic nitrogens is 1. The zero-order chi connectivity index (χ0) is 20.8. The zero-order valence-corrected chi connectivity index (χ0v) is 16.8. The summed E-state index contributed by atoms with van der Waals surface area (Å²) in [5.41, 5.74) is 0.770. The summed E-state index contributed by atoms with van der Waals surface area (Å²) < 4.78 is 4.68. The third kappa shape index (κ3) is 5.02. The summed E-state index contributed by atoms with van der Waals surface area (Å²) >= 11 is 1.14. The van der Waals surface area contributed by atoms with Crippen molar-refractivity contribution in [1.29, 1.82) is 0 Å². The van der Waals surface area contributed by atoms with Crippen molar-refractivity contribution in [2.45, 2.75) is 26.2 Å². The van der Waals surface area contributed by atoms with Crippen LogP contribution in [0, 0.1) is 0 Å². The van der Waals surface area contributed by atoms with E-state index in [1.165, 1.54) is 18.3 Å². The Hall–Kier alpha value is -3.14. The standard InChI is InChI=1S/C19H22N4O5S/c1-2-28-19(27)22-15(24)13-6-9-29-17(13)21-16(25)14-10-12(11-20-14)18(26)23-7-4-3-5-8-23/h6,9-11,20H,2-5,7-8H2,1H3,(H,21,25)(H,22,24,27). The maximum absolute atomic E-state index is 12.5. The van der Waals surface area contributed by atoms with Crippen molar-refractivity contribution < 1.29 is 23.9 Å². The molecule has 0 aromatic carbocycles. The number of H-pyrrole nitrogens is 1. The summed E-state index contributed by atoms with van der Waals surface area (Å²) in [6.45, 7) is 3.21. The zero-order valence-electron chi connectivity index (χ0n) is 15.9. The van der Waals surface area contributed by atoms with Crippen molar-refractivity contribution in [3.05, 3.63) is 40.5 Å². The van der Waals surface area contributed by atoms with E-state index in [2.05, 4.69) is 20.4 Å². The Balaban J connectivity index is 1.65. The van der Waals surface area contributed by atoms with E-state index < -0.39 is 17.9 Å². The van der Waals surface area contributed by atoms with Gasteiger partial charge in [-0.1, -0.05) is 0 Å². The molecule has 0 bridgehead atoms. The Kier molecular flexibility index (Phi) is 6.65. The van der Waals surface area contributed by atoms with Crippen LogP contribution < -0.4 is 10.6 Å². The average molecular weight is 418 g/mol. The minimum atomic E-state index is -0.855. The maximum atomic E-state index is 12.5. The number of ether oxygens (including phenoxy) is 1. The van der Waals surface area contributed by atoms with Crippen LogP contribution in [0.2, 0.25) is 0 Å². The Bertz CT molecular complexity index is 913. The number of hydrogen-bond donors (Lipinski definition) is 3. The summed E-state index contributed by atoms with van der Waals surface area (Å²) in [4.78, 5) is 53.3. The predicted molar refractivity (Wildman–Crippen MR) is 107 cm³/mol. The van der Waals surface area contributed by atoms with Gasteiger partial charge in [-0.15, -0.1) is 11.3 Å². The van der Waals surface area contributed by atoms with Crippen LogP contribution in [-0.4, -0.2) is 53.4 Å². The Morgan fingerprint density at radius 3 is 2.66 bits per heavy atom. The van der Waals surface area contributed by atoms with Crippen LogP contribution in [0.15, 0.2) is 23.7 Å². The highest BCUT2D eigenvalue weighted by Crippen LogP contribution is 2.24. The number of piperidine rings is 1. The van der Waals surface area contributed by atoms with Gasteiger partial charge in [-0.3, -0.25) is 19.7 Å². The number of likely N-dealkylation sites (tertiary alicyclic amines) is 1. The smallest absolute Gasteiger partial charge is 0.414 e. The Labute approximate surface area is 171 Å². The minimum absolute atomic E-state index is 0.106. The molecule has 3 rings (SSSR count). The molecule has 1 fully saturated rings. The number of amides is 4. The van der Waals surface area contributed by atoms with E-state index in [1.54, 1.807) is 17.2 Å². The minimum Gasteiger partial charge on any atom is -0.450 e. The number of nitrogens with zero attached hydrogens (tertiary/aromatic N) is 1. The molecule has 3 N–H and O–H groups in total. The van der Waals surface area contributed by atoms with Gasteiger partial charge in [0.15, 0.2) is 0 Å². The van der Waals surface area contributed by atoms with E-state index in [9.17, 15) is 19.2 Å². The molecule has 0 atom stereocenters. The van der Waals surface area contributed by atoms with Crippen molar-refractivity contribution in [2.24, 2.45) is 0 Å². The molecule has 0 saturated carbocycles. The molecule has 1 aliphatic rings. The van der Waals surface area contributed by atoms with E-state index in [4.69, 9.17) is 0 Å². The highest BCUT2D eigenvalue weighted by molar-refractivity contribution is 7.14. The monoisotopic (exact) mass is 418 g/mol. The number of alkyl carbamates (subject to hydrolysis) is 1. The summed E-state index contributed by atoms with van der Waals surface area (Å²) in [6.07, 6.45) is 3.74. The molecule has 154 valence electrons. The van der Waals surface area contributed by atoms with Crippen molar-refractivity contribution in [3.8, 4) is 0 Å². The van der Waals surface area contributed by atoms with Crippen LogP contribution in [0.4, 0.5) is 9.80 Å². The van der Waals surface area contributed by atoms with Gasteiger partial charge >= 0.3 is 6.09 Å². The van der Waals surface area contributed by atoms with E-state index in [0.717, 1.165) is 43.7 Å². The highest BCUT2D eigenvalue weighted by atomic mass is 32.1. The first-order valence-corrected chi connectivity index (χ1v) is 10.2. The first kappa shape index (κ1) is 20.6. The van der Waals surface area contributed by atoms with Gasteiger partial charge in [-0.25, -0.2) is 4.79 Å². The van der Waals surface area contributed by atoms with E-state index in [0.29, 0.717) is 5.56 Å². The van der Waals surface area contributed by atoms with Gasteiger partial charge in [0, 0.05) is 19.3 Å². The predicted octanol–water partition coefficient (Wildman–Crippen LogP) is 2.84. The molecule has 0 unspecified atom stereocenters. The van der Waals surface area contributed by atoms with Gasteiger partial charge in [0.05, 0.1) is 17.7 Å². The fourth-order valence-corrected chi connectivity index (χ4v) is 3.79. The number of carbonyl (C=O) groups excluding carboxylic acids is 4.